The summed E-state index contributed by atoms with van der Waals surface area (Å²) in [4.78, 5) is 0. The maximum atomic E-state index is 2.64. The van der Waals surface area contributed by atoms with Crippen LogP contribution in [-0.4, -0.2) is 0 Å². The van der Waals surface area contributed by atoms with Crippen LogP contribution in [0.3, 0.4) is 0 Å². The van der Waals surface area contributed by atoms with Crippen molar-refractivity contribution in [1.82, 2.24) is 0 Å². The van der Waals surface area contributed by atoms with Crippen molar-refractivity contribution in [2.75, 3.05) is 0 Å². The minimum absolute atomic E-state index is 0.549. The molecule has 0 spiro atoms. The molecule has 0 saturated carbocycles. The highest BCUT2D eigenvalue weighted by molar-refractivity contribution is 5.93. The van der Waals surface area contributed by atoms with Crippen LogP contribution in [0.15, 0.2) is 95.1 Å². The van der Waals surface area contributed by atoms with Gasteiger partial charge in [0.05, 0.1) is 0 Å². The van der Waals surface area contributed by atoms with Crippen molar-refractivity contribution in [3.05, 3.63) is 122 Å². The number of rotatable bonds is 3. The molecule has 0 aromatic heterocycles. The van der Waals surface area contributed by atoms with Gasteiger partial charge in [-0.05, 0) is 116 Å². The van der Waals surface area contributed by atoms with Gasteiger partial charge in [-0.1, -0.05) is 92.2 Å². The smallest absolute Gasteiger partial charge is 0.0142 e. The SMILES string of the molecule is CCC(C)C1=CC2=C(C3=c4cccc5c4=C(CC3)c3ccccc3-5)CCC3=C2C(C1)c1ccccc13. The zero-order valence-electron chi connectivity index (χ0n) is 21.3. The molecule has 0 amide bonds. The predicted octanol–water partition coefficient (Wildman–Crippen LogP) is 7.83. The molecule has 0 nitrogen and oxygen atoms in total. The quantitative estimate of drug-likeness (QED) is 0.370. The average Bonchev–Trinajstić information content (AvgIpc) is 3.44. The fourth-order valence-electron chi connectivity index (χ4n) is 7.96. The van der Waals surface area contributed by atoms with Gasteiger partial charge in [0.15, 0.2) is 0 Å². The number of benzene rings is 3. The Balaban J connectivity index is 1.43. The van der Waals surface area contributed by atoms with Crippen LogP contribution in [0.5, 0.6) is 0 Å². The molecule has 0 radical (unpaired) electrons. The molecule has 0 fully saturated rings. The van der Waals surface area contributed by atoms with Gasteiger partial charge in [0.1, 0.15) is 0 Å². The molecule has 5 aliphatic carbocycles. The van der Waals surface area contributed by atoms with E-state index in [4.69, 9.17) is 0 Å². The van der Waals surface area contributed by atoms with Crippen LogP contribution >= 0.6 is 0 Å². The van der Waals surface area contributed by atoms with E-state index in [1.54, 1.807) is 44.6 Å². The highest BCUT2D eigenvalue weighted by Gasteiger charge is 2.39. The molecule has 3 aromatic rings. The minimum atomic E-state index is 0.549. The van der Waals surface area contributed by atoms with Crippen LogP contribution in [0.4, 0.5) is 0 Å². The maximum Gasteiger partial charge on any atom is 0.0142 e. The third kappa shape index (κ3) is 2.65. The van der Waals surface area contributed by atoms with E-state index in [1.165, 1.54) is 58.4 Å². The Morgan fingerprint density at radius 3 is 2.25 bits per heavy atom. The normalized spacial score (nSPS) is 21.7. The van der Waals surface area contributed by atoms with Crippen molar-refractivity contribution in [2.45, 2.75) is 58.3 Å². The van der Waals surface area contributed by atoms with E-state index in [0.29, 0.717) is 11.8 Å². The Kier molecular flexibility index (Phi) is 4.36. The average molecular weight is 465 g/mol. The highest BCUT2D eigenvalue weighted by atomic mass is 14.4. The summed E-state index contributed by atoms with van der Waals surface area (Å²) in [5, 5.41) is 3.04. The number of allylic oxidation sites excluding steroid dienone is 6. The van der Waals surface area contributed by atoms with Gasteiger partial charge in [0, 0.05) is 5.92 Å². The molecule has 3 aromatic carbocycles. The molecule has 8 rings (SSSR count). The van der Waals surface area contributed by atoms with E-state index >= 15 is 0 Å². The van der Waals surface area contributed by atoms with Crippen LogP contribution in [0.25, 0.3) is 27.8 Å². The largest absolute Gasteiger partial charge is 0.0658 e. The molecule has 0 N–H and O–H groups in total. The first-order valence-electron chi connectivity index (χ1n) is 14.0. The zero-order chi connectivity index (χ0) is 24.0. The summed E-state index contributed by atoms with van der Waals surface area (Å²) in [6.07, 6.45) is 9.73. The van der Waals surface area contributed by atoms with Gasteiger partial charge in [-0.3, -0.25) is 0 Å². The molecule has 0 heterocycles. The Morgan fingerprint density at radius 2 is 1.39 bits per heavy atom. The third-order valence-electron chi connectivity index (χ3n) is 9.81. The van der Waals surface area contributed by atoms with Crippen LogP contribution in [0, 0.1) is 5.92 Å². The van der Waals surface area contributed by atoms with Crippen molar-refractivity contribution < 1.29 is 0 Å². The molecule has 2 unspecified atom stereocenters. The van der Waals surface area contributed by atoms with E-state index in [0.717, 1.165) is 12.8 Å². The van der Waals surface area contributed by atoms with E-state index in [1.807, 2.05) is 0 Å². The van der Waals surface area contributed by atoms with Gasteiger partial charge in [-0.2, -0.15) is 0 Å². The highest BCUT2D eigenvalue weighted by Crippen LogP contribution is 2.57. The van der Waals surface area contributed by atoms with Crippen LogP contribution in [-0.2, 0) is 0 Å². The fraction of sp³-hybridized carbons (Fsp3) is 0.278. The molecule has 2 atom stereocenters. The topological polar surface area (TPSA) is 0 Å². The summed E-state index contributed by atoms with van der Waals surface area (Å²) in [7, 11) is 0. The molecule has 36 heavy (non-hydrogen) atoms. The lowest BCUT2D eigenvalue weighted by molar-refractivity contribution is 0.594. The van der Waals surface area contributed by atoms with Crippen LogP contribution in [0.2, 0.25) is 0 Å². The zero-order valence-corrected chi connectivity index (χ0v) is 21.3. The molecule has 0 heteroatoms. The van der Waals surface area contributed by atoms with Gasteiger partial charge in [0.2, 0.25) is 0 Å². The standard InChI is InChI=1S/C36H32/c1-3-21(2)22-19-33-26-12-7-6-11-25(26)32-18-16-28(34(20-22)36(32)33)27-15-17-31-24-10-5-4-9-23(24)29-13-8-14-30(27)35(29)31/h4-14,20-21,33H,3,15-19H2,1-2H3. The monoisotopic (exact) mass is 464 g/mol. The third-order valence-corrected chi connectivity index (χ3v) is 9.81. The van der Waals surface area contributed by atoms with Crippen molar-refractivity contribution in [3.63, 3.8) is 0 Å². The maximum absolute atomic E-state index is 2.64. The van der Waals surface area contributed by atoms with Crippen LogP contribution < -0.4 is 10.4 Å². The van der Waals surface area contributed by atoms with Gasteiger partial charge in [-0.15, -0.1) is 0 Å². The number of hydrogen-bond donors (Lipinski definition) is 0. The lowest BCUT2D eigenvalue weighted by Gasteiger charge is -2.33. The summed E-state index contributed by atoms with van der Waals surface area (Å²) in [5.41, 5.74) is 18.9. The first-order valence-corrected chi connectivity index (χ1v) is 14.0. The summed E-state index contributed by atoms with van der Waals surface area (Å²) in [6.45, 7) is 4.78. The Bertz CT molecular complexity index is 1700. The second kappa shape index (κ2) is 7.56. The second-order valence-corrected chi connectivity index (χ2v) is 11.4. The summed E-state index contributed by atoms with van der Waals surface area (Å²) < 4.78 is 0. The summed E-state index contributed by atoms with van der Waals surface area (Å²) >= 11 is 0. The van der Waals surface area contributed by atoms with Gasteiger partial charge >= 0.3 is 0 Å². The Hall–Kier alpha value is -3.38. The predicted molar refractivity (Wildman–Crippen MR) is 151 cm³/mol. The van der Waals surface area contributed by atoms with E-state index < -0.39 is 0 Å². The van der Waals surface area contributed by atoms with Crippen LogP contribution in [0.1, 0.15) is 75.0 Å². The van der Waals surface area contributed by atoms with Crippen molar-refractivity contribution in [3.8, 4) is 11.1 Å². The molecule has 0 bridgehead atoms. The molecule has 0 saturated heterocycles. The minimum Gasteiger partial charge on any atom is -0.0658 e. The van der Waals surface area contributed by atoms with E-state index in [9.17, 15) is 0 Å². The van der Waals surface area contributed by atoms with E-state index in [-0.39, 0.29) is 0 Å². The molecule has 5 aliphatic rings. The lowest BCUT2D eigenvalue weighted by atomic mass is 9.71. The van der Waals surface area contributed by atoms with Crippen molar-refractivity contribution in [1.29, 1.82) is 0 Å². The molecule has 176 valence electrons. The van der Waals surface area contributed by atoms with Crippen molar-refractivity contribution in [2.24, 2.45) is 5.92 Å². The van der Waals surface area contributed by atoms with Gasteiger partial charge < -0.3 is 0 Å². The van der Waals surface area contributed by atoms with E-state index in [2.05, 4.69) is 86.7 Å². The summed E-state index contributed by atoms with van der Waals surface area (Å²) in [6, 6.07) is 25.4. The first kappa shape index (κ1) is 20.8. The Labute approximate surface area is 214 Å². The van der Waals surface area contributed by atoms with Gasteiger partial charge in [0.25, 0.3) is 0 Å². The first-order chi connectivity index (χ1) is 17.7. The second-order valence-electron chi connectivity index (χ2n) is 11.4. The summed E-state index contributed by atoms with van der Waals surface area (Å²) in [5.74, 6) is 1.19. The fourth-order valence-corrected chi connectivity index (χ4v) is 7.96. The molecular formula is C36H32. The number of fused-ring (bicyclic) bond motifs is 6. The number of hydrogen-bond acceptors (Lipinski definition) is 0. The van der Waals surface area contributed by atoms with Gasteiger partial charge in [-0.25, -0.2) is 0 Å². The lowest BCUT2D eigenvalue weighted by Crippen LogP contribution is -2.33. The Morgan fingerprint density at radius 1 is 0.694 bits per heavy atom. The van der Waals surface area contributed by atoms with Crippen molar-refractivity contribution >= 4 is 16.7 Å². The molecular weight excluding hydrogens is 432 g/mol. The molecule has 0 aliphatic heterocycles.